The van der Waals surface area contributed by atoms with Crippen LogP contribution in [0.1, 0.15) is 38.3 Å². The summed E-state index contributed by atoms with van der Waals surface area (Å²) in [7, 11) is 0. The van der Waals surface area contributed by atoms with Crippen LogP contribution in [-0.4, -0.2) is 25.0 Å². The quantitative estimate of drug-likeness (QED) is 0.899. The van der Waals surface area contributed by atoms with Crippen LogP contribution >= 0.6 is 0 Å². The van der Waals surface area contributed by atoms with Crippen LogP contribution in [-0.2, 0) is 10.9 Å². The van der Waals surface area contributed by atoms with Crippen molar-refractivity contribution < 1.29 is 27.4 Å². The molecule has 8 heteroatoms. The maximum atomic E-state index is 13.3. The average molecular weight is 344 g/mol. The monoisotopic (exact) mass is 344 g/mol. The molecule has 24 heavy (non-hydrogen) atoms. The Morgan fingerprint density at radius 2 is 2.00 bits per heavy atom. The fourth-order valence-electron chi connectivity index (χ4n) is 1.98. The summed E-state index contributed by atoms with van der Waals surface area (Å²) in [4.78, 5) is 10.9. The lowest BCUT2D eigenvalue weighted by Crippen LogP contribution is -2.30. The lowest BCUT2D eigenvalue weighted by molar-refractivity contribution is -0.139. The Bertz CT molecular complexity index is 649. The van der Waals surface area contributed by atoms with Crippen molar-refractivity contribution in [3.05, 3.63) is 29.3 Å². The molecule has 0 unspecified atom stereocenters. The molecule has 1 N–H and O–H groups in total. The molecule has 0 bridgehead atoms. The van der Waals surface area contributed by atoms with Gasteiger partial charge in [0.2, 0.25) is 0 Å². The van der Waals surface area contributed by atoms with Crippen LogP contribution in [0, 0.1) is 5.41 Å². The number of nitrogens with one attached hydrogen (secondary N) is 1. The van der Waals surface area contributed by atoms with Crippen molar-refractivity contribution in [2.75, 3.05) is 13.2 Å². The van der Waals surface area contributed by atoms with Crippen molar-refractivity contribution in [1.82, 2.24) is 5.43 Å². The van der Waals surface area contributed by atoms with E-state index in [9.17, 15) is 18.0 Å². The number of carbonyl (C=O) groups is 1. The van der Waals surface area contributed by atoms with Crippen LogP contribution in [0.4, 0.5) is 18.0 Å². The predicted molar refractivity (Wildman–Crippen MR) is 82.0 cm³/mol. The molecule has 1 aliphatic heterocycles. The number of benzene rings is 1. The van der Waals surface area contributed by atoms with E-state index < -0.39 is 17.8 Å². The summed E-state index contributed by atoms with van der Waals surface area (Å²) in [5.41, 5.74) is 1.57. The van der Waals surface area contributed by atoms with Crippen LogP contribution in [0.5, 0.6) is 5.75 Å². The Balaban J connectivity index is 2.24. The van der Waals surface area contributed by atoms with Crippen molar-refractivity contribution in [2.45, 2.75) is 33.4 Å². The predicted octanol–water partition coefficient (Wildman–Crippen LogP) is 3.96. The van der Waals surface area contributed by atoms with Crippen LogP contribution in [0.3, 0.4) is 0 Å². The normalized spacial score (nSPS) is 15.4. The average Bonchev–Trinajstić information content (AvgIpc) is 2.46. The van der Waals surface area contributed by atoms with Gasteiger partial charge in [0.1, 0.15) is 18.1 Å². The Kier molecular flexibility index (Phi) is 5.05. The minimum absolute atomic E-state index is 0.0370. The number of halogens is 3. The number of nitrogens with zero attached hydrogens (tertiary/aromatic N) is 1. The molecule has 0 radical (unpaired) electrons. The SMILES string of the molecule is CC(C)(C)CCOc1ccc(C2=NNC(=O)OC2)cc1C(F)(F)F. The van der Waals surface area contributed by atoms with Gasteiger partial charge in [-0.15, -0.1) is 0 Å². The Hall–Kier alpha value is -2.25. The summed E-state index contributed by atoms with van der Waals surface area (Å²) in [6.45, 7) is 5.96. The first-order chi connectivity index (χ1) is 11.1. The minimum Gasteiger partial charge on any atom is -0.493 e. The molecule has 0 aliphatic carbocycles. The van der Waals surface area contributed by atoms with Crippen molar-refractivity contribution in [2.24, 2.45) is 10.5 Å². The Morgan fingerprint density at radius 1 is 1.29 bits per heavy atom. The van der Waals surface area contributed by atoms with Crippen molar-refractivity contribution >= 4 is 11.8 Å². The topological polar surface area (TPSA) is 59.9 Å². The highest BCUT2D eigenvalue weighted by molar-refractivity contribution is 6.03. The summed E-state index contributed by atoms with van der Waals surface area (Å²) in [6.07, 6.45) is -4.68. The van der Waals surface area contributed by atoms with Crippen LogP contribution in [0.25, 0.3) is 0 Å². The third kappa shape index (κ3) is 4.87. The van der Waals surface area contributed by atoms with Gasteiger partial charge in [-0.3, -0.25) is 0 Å². The largest absolute Gasteiger partial charge is 0.493 e. The smallest absolute Gasteiger partial charge is 0.428 e. The number of ether oxygens (including phenoxy) is 2. The molecule has 1 aromatic carbocycles. The lowest BCUT2D eigenvalue weighted by atomic mass is 9.93. The molecule has 1 amide bonds. The van der Waals surface area contributed by atoms with Gasteiger partial charge in [0, 0.05) is 5.56 Å². The molecular weight excluding hydrogens is 325 g/mol. The second-order valence-corrected chi connectivity index (χ2v) is 6.61. The molecule has 0 spiro atoms. The van der Waals surface area contributed by atoms with Gasteiger partial charge in [0.05, 0.1) is 12.2 Å². The van der Waals surface area contributed by atoms with E-state index in [0.717, 1.165) is 6.07 Å². The highest BCUT2D eigenvalue weighted by atomic mass is 19.4. The summed E-state index contributed by atoms with van der Waals surface area (Å²) in [5, 5.41) is 3.71. The minimum atomic E-state index is -4.56. The van der Waals surface area contributed by atoms with E-state index in [1.165, 1.54) is 12.1 Å². The zero-order chi connectivity index (χ0) is 18.0. The van der Waals surface area contributed by atoms with E-state index in [4.69, 9.17) is 9.47 Å². The molecule has 5 nitrogen and oxygen atoms in total. The van der Waals surface area contributed by atoms with Gasteiger partial charge in [0.25, 0.3) is 0 Å². The number of alkyl halides is 3. The van der Waals surface area contributed by atoms with E-state index >= 15 is 0 Å². The molecule has 2 rings (SSSR count). The van der Waals surface area contributed by atoms with Gasteiger partial charge in [0.15, 0.2) is 0 Å². The summed E-state index contributed by atoms with van der Waals surface area (Å²) < 4.78 is 49.9. The summed E-state index contributed by atoms with van der Waals surface area (Å²) in [5.74, 6) is -0.225. The fraction of sp³-hybridized carbons (Fsp3) is 0.500. The van der Waals surface area contributed by atoms with Crippen LogP contribution in [0.2, 0.25) is 0 Å². The zero-order valence-electron chi connectivity index (χ0n) is 13.7. The standard InChI is InChI=1S/C16H19F3N2O3/c1-15(2,3)6-7-23-13-5-4-10(8-11(13)16(17,18)19)12-9-24-14(22)21-20-12/h4-5,8H,6-7,9H2,1-3H3,(H,21,22). The summed E-state index contributed by atoms with van der Waals surface area (Å²) in [6, 6.07) is 3.67. The molecule has 0 atom stereocenters. The van der Waals surface area contributed by atoms with E-state index in [1.807, 2.05) is 20.8 Å². The third-order valence-corrected chi connectivity index (χ3v) is 3.35. The number of hydrogen-bond acceptors (Lipinski definition) is 4. The van der Waals surface area contributed by atoms with Gasteiger partial charge in [-0.2, -0.15) is 18.3 Å². The van der Waals surface area contributed by atoms with Crippen LogP contribution in [0.15, 0.2) is 23.3 Å². The van der Waals surface area contributed by atoms with E-state index in [1.54, 1.807) is 0 Å². The van der Waals surface area contributed by atoms with Gasteiger partial charge in [-0.25, -0.2) is 10.2 Å². The maximum absolute atomic E-state index is 13.3. The fourth-order valence-corrected chi connectivity index (χ4v) is 1.98. The number of hydrogen-bond donors (Lipinski definition) is 1. The van der Waals surface area contributed by atoms with Gasteiger partial charge >= 0.3 is 12.3 Å². The number of hydrazone groups is 1. The van der Waals surface area contributed by atoms with Crippen molar-refractivity contribution in [1.29, 1.82) is 0 Å². The molecular formula is C16H19F3N2O3. The molecule has 132 valence electrons. The van der Waals surface area contributed by atoms with Gasteiger partial charge in [-0.1, -0.05) is 20.8 Å². The molecule has 0 fully saturated rings. The Labute approximate surface area is 137 Å². The molecule has 0 aromatic heterocycles. The maximum Gasteiger partial charge on any atom is 0.428 e. The lowest BCUT2D eigenvalue weighted by Gasteiger charge is -2.20. The van der Waals surface area contributed by atoms with Crippen molar-refractivity contribution in [3.8, 4) is 5.75 Å². The molecule has 1 aromatic rings. The first kappa shape index (κ1) is 18.1. The number of cyclic esters (lactones) is 1. The van der Waals surface area contributed by atoms with E-state index in [0.29, 0.717) is 6.42 Å². The first-order valence-electron chi connectivity index (χ1n) is 7.40. The number of amides is 1. The highest BCUT2D eigenvalue weighted by Gasteiger charge is 2.35. The van der Waals surface area contributed by atoms with Gasteiger partial charge in [-0.05, 0) is 30.0 Å². The zero-order valence-corrected chi connectivity index (χ0v) is 13.7. The molecule has 1 heterocycles. The number of rotatable bonds is 4. The van der Waals surface area contributed by atoms with E-state index in [2.05, 4.69) is 10.5 Å². The van der Waals surface area contributed by atoms with E-state index in [-0.39, 0.29) is 35.7 Å². The first-order valence-corrected chi connectivity index (χ1v) is 7.40. The molecule has 1 aliphatic rings. The van der Waals surface area contributed by atoms with Gasteiger partial charge < -0.3 is 9.47 Å². The summed E-state index contributed by atoms with van der Waals surface area (Å²) >= 11 is 0. The molecule has 0 saturated heterocycles. The second kappa shape index (κ2) is 6.70. The second-order valence-electron chi connectivity index (χ2n) is 6.61. The van der Waals surface area contributed by atoms with Crippen molar-refractivity contribution in [3.63, 3.8) is 0 Å². The Morgan fingerprint density at radius 3 is 2.54 bits per heavy atom. The highest BCUT2D eigenvalue weighted by Crippen LogP contribution is 2.37. The third-order valence-electron chi connectivity index (χ3n) is 3.35. The molecule has 0 saturated carbocycles. The van der Waals surface area contributed by atoms with Crippen LogP contribution < -0.4 is 10.2 Å². The number of carbonyl (C=O) groups excluding carboxylic acids is 1.